The van der Waals surface area contributed by atoms with Gasteiger partial charge in [0.05, 0.1) is 29.9 Å². The summed E-state index contributed by atoms with van der Waals surface area (Å²) in [6.07, 6.45) is 3.24. The highest BCUT2D eigenvalue weighted by atomic mass is 16.5. The van der Waals surface area contributed by atoms with Crippen LogP contribution in [0.25, 0.3) is 22.2 Å². The van der Waals surface area contributed by atoms with Crippen LogP contribution < -0.4 is 4.90 Å². The zero-order chi connectivity index (χ0) is 20.8. The summed E-state index contributed by atoms with van der Waals surface area (Å²) in [5, 5.41) is 10.4. The van der Waals surface area contributed by atoms with Gasteiger partial charge in [0.1, 0.15) is 11.8 Å². The number of nitrogens with zero attached hydrogens (tertiary/aromatic N) is 4. The number of fused-ring (bicyclic) bond motifs is 5. The summed E-state index contributed by atoms with van der Waals surface area (Å²) in [6.45, 7) is 12.5. The largest absolute Gasteiger partial charge is 0.432 e. The number of ether oxygens (including phenoxy) is 1. The van der Waals surface area contributed by atoms with E-state index in [1.54, 1.807) is 6.33 Å². The number of aromatic nitrogens is 3. The van der Waals surface area contributed by atoms with Gasteiger partial charge in [-0.25, -0.2) is 15.0 Å². The fourth-order valence-corrected chi connectivity index (χ4v) is 4.18. The van der Waals surface area contributed by atoms with Crippen molar-refractivity contribution in [2.75, 3.05) is 24.6 Å². The van der Waals surface area contributed by atoms with Crippen LogP contribution in [0.5, 0.6) is 0 Å². The van der Waals surface area contributed by atoms with Gasteiger partial charge < -0.3 is 19.2 Å². The lowest BCUT2D eigenvalue weighted by Gasteiger charge is -2.33. The predicted molar refractivity (Wildman–Crippen MR) is 113 cm³/mol. The van der Waals surface area contributed by atoms with Crippen LogP contribution in [0.15, 0.2) is 10.7 Å². The molecule has 1 N–H and O–H groups in total. The van der Waals surface area contributed by atoms with Crippen molar-refractivity contribution in [3.8, 4) is 0 Å². The highest BCUT2D eigenvalue weighted by molar-refractivity contribution is 6.06. The molecule has 3 aromatic heterocycles. The van der Waals surface area contributed by atoms with Crippen LogP contribution in [-0.4, -0.2) is 45.4 Å². The molecule has 0 aliphatic carbocycles. The van der Waals surface area contributed by atoms with Crippen LogP contribution in [-0.2, 0) is 24.2 Å². The predicted octanol–water partition coefficient (Wildman–Crippen LogP) is 3.64. The first-order valence-electron chi connectivity index (χ1n) is 10.4. The first-order chi connectivity index (χ1) is 13.8. The Labute approximate surface area is 171 Å². The second kappa shape index (κ2) is 7.54. The van der Waals surface area contributed by atoms with Gasteiger partial charge in [-0.05, 0) is 38.7 Å². The third-order valence-electron chi connectivity index (χ3n) is 5.55. The van der Waals surface area contributed by atoms with E-state index in [4.69, 9.17) is 14.1 Å². The van der Waals surface area contributed by atoms with E-state index in [1.165, 1.54) is 11.1 Å². The van der Waals surface area contributed by atoms with E-state index in [0.29, 0.717) is 42.7 Å². The molecular formula is C22H30N4O3. The minimum atomic E-state index is -0.248. The van der Waals surface area contributed by atoms with Crippen molar-refractivity contribution in [1.29, 1.82) is 0 Å². The van der Waals surface area contributed by atoms with Gasteiger partial charge in [-0.2, -0.15) is 0 Å². The minimum absolute atomic E-state index is 0.0529. The molecule has 0 unspecified atom stereocenters. The van der Waals surface area contributed by atoms with E-state index >= 15 is 0 Å². The standard InChI is InChI=1S/C22H30N4O3/c1-6-26(7-8-27)20-19-18(23-12-24-20)17-14-10-22(4,5)28-11-15(14)16(9-13(2)3)25-21(17)29-19/h12-13,27H,6-11H2,1-5H3. The Hall–Kier alpha value is -2.25. The molecule has 0 saturated carbocycles. The van der Waals surface area contributed by atoms with Crippen molar-refractivity contribution < 1.29 is 14.3 Å². The summed E-state index contributed by atoms with van der Waals surface area (Å²) in [7, 11) is 0. The topological polar surface area (TPSA) is 84.5 Å². The number of furan rings is 1. The third kappa shape index (κ3) is 3.57. The molecule has 29 heavy (non-hydrogen) atoms. The summed E-state index contributed by atoms with van der Waals surface area (Å²) >= 11 is 0. The minimum Gasteiger partial charge on any atom is -0.432 e. The molecular weight excluding hydrogens is 368 g/mol. The average molecular weight is 399 g/mol. The van der Waals surface area contributed by atoms with Crippen molar-refractivity contribution in [1.82, 2.24) is 15.0 Å². The van der Waals surface area contributed by atoms with Crippen LogP contribution in [0, 0.1) is 5.92 Å². The van der Waals surface area contributed by atoms with Gasteiger partial charge >= 0.3 is 0 Å². The fourth-order valence-electron chi connectivity index (χ4n) is 4.18. The Kier molecular flexibility index (Phi) is 5.21. The molecule has 0 fully saturated rings. The van der Waals surface area contributed by atoms with Crippen LogP contribution in [0.1, 0.15) is 51.4 Å². The number of aliphatic hydroxyl groups is 1. The molecule has 7 heteroatoms. The van der Waals surface area contributed by atoms with E-state index < -0.39 is 0 Å². The first-order valence-corrected chi connectivity index (χ1v) is 10.4. The van der Waals surface area contributed by atoms with E-state index in [1.807, 2.05) is 11.8 Å². The smallest absolute Gasteiger partial charge is 0.229 e. The summed E-state index contributed by atoms with van der Waals surface area (Å²) in [4.78, 5) is 15.9. The number of aliphatic hydroxyl groups excluding tert-OH is 1. The van der Waals surface area contributed by atoms with E-state index in [2.05, 4.69) is 37.7 Å². The van der Waals surface area contributed by atoms with Crippen molar-refractivity contribution >= 4 is 28.0 Å². The number of hydrogen-bond acceptors (Lipinski definition) is 7. The second-order valence-electron chi connectivity index (χ2n) is 8.80. The summed E-state index contributed by atoms with van der Waals surface area (Å²) in [5.41, 5.74) is 5.26. The van der Waals surface area contributed by atoms with Crippen molar-refractivity contribution in [2.24, 2.45) is 5.92 Å². The van der Waals surface area contributed by atoms with E-state index in [0.717, 1.165) is 29.4 Å². The number of likely N-dealkylation sites (N-methyl/N-ethyl adjacent to an activating group) is 1. The Bertz CT molecular complexity index is 1040. The molecule has 4 rings (SSSR count). The molecule has 0 spiro atoms. The Morgan fingerprint density at radius 1 is 1.24 bits per heavy atom. The van der Waals surface area contributed by atoms with Gasteiger partial charge in [0.25, 0.3) is 0 Å². The monoisotopic (exact) mass is 398 g/mol. The molecule has 0 amide bonds. The lowest BCUT2D eigenvalue weighted by Crippen LogP contribution is -2.33. The molecule has 0 radical (unpaired) electrons. The summed E-state index contributed by atoms with van der Waals surface area (Å²) < 4.78 is 12.4. The number of pyridine rings is 1. The SMILES string of the molecule is CCN(CCO)c1ncnc2c1oc1nc(CC(C)C)c3c(c12)CC(C)(C)OC3. The normalized spacial score (nSPS) is 16.0. The summed E-state index contributed by atoms with van der Waals surface area (Å²) in [5.74, 6) is 1.19. The summed E-state index contributed by atoms with van der Waals surface area (Å²) in [6, 6.07) is 0. The molecule has 0 aromatic carbocycles. The molecule has 7 nitrogen and oxygen atoms in total. The van der Waals surface area contributed by atoms with Gasteiger partial charge in [-0.15, -0.1) is 0 Å². The quantitative estimate of drug-likeness (QED) is 0.678. The van der Waals surface area contributed by atoms with Gasteiger partial charge in [0, 0.05) is 25.1 Å². The van der Waals surface area contributed by atoms with Crippen LogP contribution in [0.3, 0.4) is 0 Å². The zero-order valence-electron chi connectivity index (χ0n) is 17.9. The lowest BCUT2D eigenvalue weighted by molar-refractivity contribution is -0.0402. The maximum atomic E-state index is 9.44. The van der Waals surface area contributed by atoms with Crippen molar-refractivity contribution in [3.63, 3.8) is 0 Å². The van der Waals surface area contributed by atoms with Gasteiger partial charge in [-0.1, -0.05) is 13.8 Å². The molecule has 3 aromatic rings. The number of rotatable bonds is 6. The lowest BCUT2D eigenvalue weighted by atomic mass is 9.88. The van der Waals surface area contributed by atoms with Crippen LogP contribution in [0.2, 0.25) is 0 Å². The number of hydrogen-bond donors (Lipinski definition) is 1. The van der Waals surface area contributed by atoms with Crippen molar-refractivity contribution in [2.45, 2.75) is 59.7 Å². The van der Waals surface area contributed by atoms with E-state index in [-0.39, 0.29) is 12.2 Å². The van der Waals surface area contributed by atoms with E-state index in [9.17, 15) is 5.11 Å². The Morgan fingerprint density at radius 3 is 2.72 bits per heavy atom. The highest BCUT2D eigenvalue weighted by Crippen LogP contribution is 2.40. The number of anilines is 1. The van der Waals surface area contributed by atoms with Crippen LogP contribution in [0.4, 0.5) is 5.82 Å². The molecule has 0 atom stereocenters. The van der Waals surface area contributed by atoms with Crippen LogP contribution >= 0.6 is 0 Å². The molecule has 0 saturated heterocycles. The Morgan fingerprint density at radius 2 is 2.03 bits per heavy atom. The third-order valence-corrected chi connectivity index (χ3v) is 5.55. The highest BCUT2D eigenvalue weighted by Gasteiger charge is 2.32. The molecule has 156 valence electrons. The molecule has 1 aliphatic heterocycles. The van der Waals surface area contributed by atoms with Crippen molar-refractivity contribution in [3.05, 3.63) is 23.1 Å². The Balaban J connectivity index is 2.00. The molecule has 0 bridgehead atoms. The zero-order valence-corrected chi connectivity index (χ0v) is 17.9. The fraction of sp³-hybridized carbons (Fsp3) is 0.591. The van der Waals surface area contributed by atoms with Gasteiger partial charge in [-0.3, -0.25) is 0 Å². The average Bonchev–Trinajstić information content (AvgIpc) is 3.03. The van der Waals surface area contributed by atoms with Gasteiger partial charge in [0.2, 0.25) is 5.71 Å². The maximum absolute atomic E-state index is 9.44. The first kappa shape index (κ1) is 20.0. The molecule has 4 heterocycles. The second-order valence-corrected chi connectivity index (χ2v) is 8.80. The van der Waals surface area contributed by atoms with Gasteiger partial charge in [0.15, 0.2) is 11.4 Å². The maximum Gasteiger partial charge on any atom is 0.229 e. The molecule has 1 aliphatic rings.